The number of carbonyl (C=O) groups excluding carboxylic acids is 1. The number of nitrogens with one attached hydrogen (secondary N) is 1. The maximum atomic E-state index is 10.3. The molecule has 3 heteroatoms. The van der Waals surface area contributed by atoms with Gasteiger partial charge in [-0.25, -0.2) is 0 Å². The highest BCUT2D eigenvalue weighted by atomic mass is 16.1. The number of nitrogens with two attached hydrogens (primary N) is 1. The van der Waals surface area contributed by atoms with Crippen LogP contribution in [-0.2, 0) is 11.2 Å². The third-order valence-electron chi connectivity index (χ3n) is 1.63. The van der Waals surface area contributed by atoms with Gasteiger partial charge in [-0.15, -0.1) is 0 Å². The van der Waals surface area contributed by atoms with Crippen LogP contribution in [0.2, 0.25) is 0 Å². The standard InChI is InChI=1S/C10H12O.CH6N2/c1-9(8-11)7-10-5-3-2-4-6-10;1-3-2/h2-6,8-9H,7H2,1H3;3H,2H2,1H3. The molecule has 1 aromatic rings. The van der Waals surface area contributed by atoms with Gasteiger partial charge in [0.15, 0.2) is 0 Å². The van der Waals surface area contributed by atoms with Gasteiger partial charge in [-0.2, -0.15) is 0 Å². The second-order valence-electron chi connectivity index (χ2n) is 3.09. The molecule has 14 heavy (non-hydrogen) atoms. The van der Waals surface area contributed by atoms with E-state index in [4.69, 9.17) is 0 Å². The number of rotatable bonds is 3. The lowest BCUT2D eigenvalue weighted by atomic mass is 10.0. The molecule has 0 spiro atoms. The average molecular weight is 194 g/mol. The number of aldehydes is 1. The maximum Gasteiger partial charge on any atom is 0.123 e. The van der Waals surface area contributed by atoms with E-state index < -0.39 is 0 Å². The molecule has 0 saturated carbocycles. The lowest BCUT2D eigenvalue weighted by Crippen LogP contribution is -2.13. The Kier molecular flexibility index (Phi) is 7.70. The minimum Gasteiger partial charge on any atom is -0.303 e. The van der Waals surface area contributed by atoms with Crippen LogP contribution in [0.25, 0.3) is 0 Å². The predicted molar refractivity (Wildman–Crippen MR) is 58.6 cm³/mol. The van der Waals surface area contributed by atoms with Gasteiger partial charge in [0.25, 0.3) is 0 Å². The summed E-state index contributed by atoms with van der Waals surface area (Å²) in [6.07, 6.45) is 1.84. The van der Waals surface area contributed by atoms with Crippen molar-refractivity contribution < 1.29 is 4.79 Å². The third-order valence-corrected chi connectivity index (χ3v) is 1.63. The van der Waals surface area contributed by atoms with Crippen LogP contribution in [-0.4, -0.2) is 13.3 Å². The topological polar surface area (TPSA) is 55.1 Å². The lowest BCUT2D eigenvalue weighted by Gasteiger charge is -2.01. The zero-order chi connectivity index (χ0) is 10.8. The van der Waals surface area contributed by atoms with Crippen LogP contribution >= 0.6 is 0 Å². The van der Waals surface area contributed by atoms with Crippen molar-refractivity contribution >= 4 is 6.29 Å². The molecular weight excluding hydrogens is 176 g/mol. The summed E-state index contributed by atoms with van der Waals surface area (Å²) in [4.78, 5) is 10.3. The van der Waals surface area contributed by atoms with Gasteiger partial charge in [-0.05, 0) is 19.0 Å². The third kappa shape index (κ3) is 6.34. The molecular formula is C11H18N2O. The van der Waals surface area contributed by atoms with Crippen molar-refractivity contribution in [3.63, 3.8) is 0 Å². The molecule has 0 aliphatic heterocycles. The fourth-order valence-electron chi connectivity index (χ4n) is 1.03. The highest BCUT2D eigenvalue weighted by Gasteiger charge is 1.99. The molecule has 1 atom stereocenters. The van der Waals surface area contributed by atoms with Crippen LogP contribution in [0, 0.1) is 5.92 Å². The predicted octanol–water partition coefficient (Wildman–Crippen LogP) is 1.14. The van der Waals surface area contributed by atoms with Gasteiger partial charge in [0.2, 0.25) is 0 Å². The minimum atomic E-state index is 0.136. The molecule has 3 nitrogen and oxygen atoms in total. The molecule has 1 unspecified atom stereocenters. The average Bonchev–Trinajstić information content (AvgIpc) is 2.20. The van der Waals surface area contributed by atoms with Gasteiger partial charge in [-0.1, -0.05) is 37.3 Å². The molecule has 0 saturated heterocycles. The summed E-state index contributed by atoms with van der Waals surface area (Å²) < 4.78 is 0. The van der Waals surface area contributed by atoms with E-state index in [2.05, 4.69) is 11.3 Å². The summed E-state index contributed by atoms with van der Waals surface area (Å²) >= 11 is 0. The summed E-state index contributed by atoms with van der Waals surface area (Å²) in [6.45, 7) is 1.93. The zero-order valence-corrected chi connectivity index (χ0v) is 8.73. The first-order chi connectivity index (χ1) is 6.74. The molecule has 0 fully saturated rings. The Morgan fingerprint density at radius 3 is 2.36 bits per heavy atom. The van der Waals surface area contributed by atoms with Gasteiger partial charge < -0.3 is 4.79 Å². The molecule has 3 N–H and O–H groups in total. The second kappa shape index (κ2) is 8.41. The first-order valence-electron chi connectivity index (χ1n) is 4.61. The van der Waals surface area contributed by atoms with E-state index in [1.165, 1.54) is 5.56 Å². The van der Waals surface area contributed by atoms with E-state index in [1.807, 2.05) is 37.3 Å². The SMILES string of the molecule is CC(C=O)Cc1ccccc1.CNN. The van der Waals surface area contributed by atoms with Crippen LogP contribution in [0.1, 0.15) is 12.5 Å². The first kappa shape index (κ1) is 12.8. The van der Waals surface area contributed by atoms with E-state index in [1.54, 1.807) is 7.05 Å². The maximum absolute atomic E-state index is 10.3. The highest BCUT2D eigenvalue weighted by molar-refractivity contribution is 5.53. The minimum absolute atomic E-state index is 0.136. The van der Waals surface area contributed by atoms with Crippen LogP contribution in [0.5, 0.6) is 0 Å². The zero-order valence-electron chi connectivity index (χ0n) is 8.73. The molecule has 0 radical (unpaired) electrons. The van der Waals surface area contributed by atoms with E-state index in [9.17, 15) is 4.79 Å². The number of hydrazine groups is 1. The van der Waals surface area contributed by atoms with Crippen molar-refractivity contribution in [2.75, 3.05) is 7.05 Å². The molecule has 78 valence electrons. The number of carbonyl (C=O) groups is 1. The Bertz CT molecular complexity index is 236. The van der Waals surface area contributed by atoms with Crippen LogP contribution < -0.4 is 11.3 Å². The van der Waals surface area contributed by atoms with Gasteiger partial charge in [-0.3, -0.25) is 11.3 Å². The molecule has 0 amide bonds. The summed E-state index contributed by atoms with van der Waals surface area (Å²) in [5.74, 6) is 4.73. The smallest absolute Gasteiger partial charge is 0.123 e. The highest BCUT2D eigenvalue weighted by Crippen LogP contribution is 2.05. The van der Waals surface area contributed by atoms with Crippen molar-refractivity contribution in [3.8, 4) is 0 Å². The van der Waals surface area contributed by atoms with E-state index in [0.717, 1.165) is 12.7 Å². The van der Waals surface area contributed by atoms with Crippen molar-refractivity contribution in [1.82, 2.24) is 5.43 Å². The Balaban J connectivity index is 0.000000500. The second-order valence-corrected chi connectivity index (χ2v) is 3.09. The van der Waals surface area contributed by atoms with E-state index in [-0.39, 0.29) is 5.92 Å². The quantitative estimate of drug-likeness (QED) is 0.431. The van der Waals surface area contributed by atoms with Gasteiger partial charge >= 0.3 is 0 Å². The summed E-state index contributed by atoms with van der Waals surface area (Å²) in [7, 11) is 1.65. The Morgan fingerprint density at radius 1 is 1.43 bits per heavy atom. The van der Waals surface area contributed by atoms with E-state index in [0.29, 0.717) is 0 Å². The Morgan fingerprint density at radius 2 is 1.93 bits per heavy atom. The fraction of sp³-hybridized carbons (Fsp3) is 0.364. The molecule has 0 heterocycles. The van der Waals surface area contributed by atoms with E-state index >= 15 is 0 Å². The van der Waals surface area contributed by atoms with Crippen molar-refractivity contribution in [2.45, 2.75) is 13.3 Å². The molecule has 0 bridgehead atoms. The molecule has 0 aliphatic rings. The largest absolute Gasteiger partial charge is 0.303 e. The monoisotopic (exact) mass is 194 g/mol. The number of hydrogen-bond donors (Lipinski definition) is 2. The summed E-state index contributed by atoms with van der Waals surface area (Å²) in [5, 5.41) is 0. The van der Waals surface area contributed by atoms with Gasteiger partial charge in [0.1, 0.15) is 6.29 Å². The van der Waals surface area contributed by atoms with Crippen LogP contribution in [0.15, 0.2) is 30.3 Å². The Labute approximate surface area is 85.3 Å². The first-order valence-corrected chi connectivity index (χ1v) is 4.61. The normalized spacial score (nSPS) is 11.1. The van der Waals surface area contributed by atoms with Crippen molar-refractivity contribution in [3.05, 3.63) is 35.9 Å². The molecule has 0 aromatic heterocycles. The van der Waals surface area contributed by atoms with Crippen molar-refractivity contribution in [1.29, 1.82) is 0 Å². The number of benzene rings is 1. The molecule has 1 rings (SSSR count). The molecule has 0 aliphatic carbocycles. The number of hydrogen-bond acceptors (Lipinski definition) is 3. The Hall–Kier alpha value is -1.19. The van der Waals surface area contributed by atoms with Crippen molar-refractivity contribution in [2.24, 2.45) is 11.8 Å². The van der Waals surface area contributed by atoms with Gasteiger partial charge in [0.05, 0.1) is 0 Å². The van der Waals surface area contributed by atoms with Gasteiger partial charge in [0, 0.05) is 5.92 Å². The fourth-order valence-corrected chi connectivity index (χ4v) is 1.03. The van der Waals surface area contributed by atoms with Crippen LogP contribution in [0.4, 0.5) is 0 Å². The summed E-state index contributed by atoms with van der Waals surface area (Å²) in [5.41, 5.74) is 3.48. The lowest BCUT2D eigenvalue weighted by molar-refractivity contribution is -0.110. The van der Waals surface area contributed by atoms with Crippen LogP contribution in [0.3, 0.4) is 0 Å². The summed E-state index contributed by atoms with van der Waals surface area (Å²) in [6, 6.07) is 10.1. The molecule has 1 aromatic carbocycles.